The van der Waals surface area contributed by atoms with E-state index < -0.39 is 23.0 Å². The lowest BCUT2D eigenvalue weighted by Crippen LogP contribution is -2.48. The second-order valence-corrected chi connectivity index (χ2v) is 6.68. The van der Waals surface area contributed by atoms with Crippen molar-refractivity contribution in [3.05, 3.63) is 59.9 Å². The van der Waals surface area contributed by atoms with E-state index in [1.54, 1.807) is 49.6 Å². The molecule has 6 nitrogen and oxygen atoms in total. The predicted molar refractivity (Wildman–Crippen MR) is 104 cm³/mol. The van der Waals surface area contributed by atoms with Crippen LogP contribution in [0.1, 0.15) is 19.4 Å². The van der Waals surface area contributed by atoms with Gasteiger partial charge in [0.2, 0.25) is 11.8 Å². The molecule has 2 aromatic carbocycles. The average Bonchev–Trinajstić information content (AvgIpc) is 2.70. The van der Waals surface area contributed by atoms with E-state index in [0.717, 1.165) is 5.75 Å². The van der Waals surface area contributed by atoms with Crippen molar-refractivity contribution in [3.63, 3.8) is 0 Å². The highest BCUT2D eigenvalue weighted by Gasteiger charge is 2.35. The van der Waals surface area contributed by atoms with Crippen LogP contribution in [0.3, 0.4) is 0 Å². The molecule has 28 heavy (non-hydrogen) atoms. The van der Waals surface area contributed by atoms with Crippen molar-refractivity contribution < 1.29 is 23.5 Å². The van der Waals surface area contributed by atoms with Gasteiger partial charge in [-0.2, -0.15) is 0 Å². The van der Waals surface area contributed by atoms with Gasteiger partial charge in [-0.3, -0.25) is 9.59 Å². The van der Waals surface area contributed by atoms with Crippen molar-refractivity contribution >= 4 is 11.8 Å². The molecular formula is C21H25FN2O4. The summed E-state index contributed by atoms with van der Waals surface area (Å²) in [5, 5.41) is 5.29. The quantitative estimate of drug-likeness (QED) is 0.512. The normalized spacial score (nSPS) is 10.9. The minimum Gasteiger partial charge on any atom is -0.497 e. The number of benzene rings is 2. The molecular weight excluding hydrogens is 363 g/mol. The molecule has 2 rings (SSSR count). The van der Waals surface area contributed by atoms with Crippen LogP contribution in [0, 0.1) is 11.2 Å². The van der Waals surface area contributed by atoms with Crippen molar-refractivity contribution in [1.82, 2.24) is 10.6 Å². The van der Waals surface area contributed by atoms with E-state index in [1.165, 1.54) is 19.9 Å². The number of rotatable bonds is 9. The minimum absolute atomic E-state index is 0.0167. The van der Waals surface area contributed by atoms with Crippen LogP contribution in [-0.2, 0) is 16.1 Å². The zero-order valence-corrected chi connectivity index (χ0v) is 16.3. The van der Waals surface area contributed by atoms with Crippen molar-refractivity contribution in [1.29, 1.82) is 0 Å². The van der Waals surface area contributed by atoms with Gasteiger partial charge in [0.15, 0.2) is 0 Å². The predicted octanol–water partition coefficient (Wildman–Crippen LogP) is 2.67. The standard InChI is InChI=1S/C21H25FN2O4/c1-21(2,20(26)24-14-15-6-4-5-7-18(15)22)19(25)23-12-13-28-17-10-8-16(27-3)9-11-17/h4-11H,12-14H2,1-3H3,(H,23,25)(H,24,26). The first-order valence-corrected chi connectivity index (χ1v) is 8.91. The molecule has 2 aromatic rings. The van der Waals surface area contributed by atoms with E-state index in [1.807, 2.05) is 0 Å². The number of hydrogen-bond acceptors (Lipinski definition) is 4. The van der Waals surface area contributed by atoms with E-state index in [-0.39, 0.29) is 19.7 Å². The SMILES string of the molecule is COc1ccc(OCCNC(=O)C(C)(C)C(=O)NCc2ccccc2F)cc1. The van der Waals surface area contributed by atoms with Gasteiger partial charge in [0.05, 0.1) is 13.7 Å². The Bertz CT molecular complexity index is 806. The molecule has 0 aliphatic heterocycles. The van der Waals surface area contributed by atoms with Gasteiger partial charge in [-0.1, -0.05) is 18.2 Å². The van der Waals surface area contributed by atoms with E-state index in [0.29, 0.717) is 11.3 Å². The Labute approximate surface area is 164 Å². The molecule has 0 unspecified atom stereocenters. The molecule has 0 spiro atoms. The third-order valence-corrected chi connectivity index (χ3v) is 4.25. The van der Waals surface area contributed by atoms with E-state index in [9.17, 15) is 14.0 Å². The Balaban J connectivity index is 1.77. The molecule has 0 bridgehead atoms. The lowest BCUT2D eigenvalue weighted by molar-refractivity contribution is -0.141. The van der Waals surface area contributed by atoms with E-state index in [2.05, 4.69) is 10.6 Å². The zero-order valence-electron chi connectivity index (χ0n) is 16.3. The van der Waals surface area contributed by atoms with Gasteiger partial charge in [0.1, 0.15) is 29.3 Å². The Morgan fingerprint density at radius 2 is 1.57 bits per heavy atom. The number of halogens is 1. The third-order valence-electron chi connectivity index (χ3n) is 4.25. The van der Waals surface area contributed by atoms with E-state index >= 15 is 0 Å². The Morgan fingerprint density at radius 1 is 0.964 bits per heavy atom. The maximum atomic E-state index is 13.6. The van der Waals surface area contributed by atoms with Crippen LogP contribution >= 0.6 is 0 Å². The van der Waals surface area contributed by atoms with Crippen LogP contribution in [0.2, 0.25) is 0 Å². The maximum Gasteiger partial charge on any atom is 0.235 e. The molecule has 0 radical (unpaired) electrons. The first-order chi connectivity index (χ1) is 13.3. The van der Waals surface area contributed by atoms with Crippen LogP contribution in [0.25, 0.3) is 0 Å². The van der Waals surface area contributed by atoms with Gasteiger partial charge in [-0.05, 0) is 44.2 Å². The fourth-order valence-electron chi connectivity index (χ4n) is 2.37. The summed E-state index contributed by atoms with van der Waals surface area (Å²) in [5.74, 6) is 0.0580. The summed E-state index contributed by atoms with van der Waals surface area (Å²) >= 11 is 0. The van der Waals surface area contributed by atoms with Gasteiger partial charge in [-0.25, -0.2) is 4.39 Å². The fraction of sp³-hybridized carbons (Fsp3) is 0.333. The second kappa shape index (κ2) is 9.73. The van der Waals surface area contributed by atoms with Crippen molar-refractivity contribution in [2.45, 2.75) is 20.4 Å². The van der Waals surface area contributed by atoms with Gasteiger partial charge in [0.25, 0.3) is 0 Å². The molecule has 0 aromatic heterocycles. The van der Waals surface area contributed by atoms with Crippen LogP contribution in [0.15, 0.2) is 48.5 Å². The number of hydrogen-bond donors (Lipinski definition) is 2. The number of carbonyl (C=O) groups excluding carboxylic acids is 2. The first kappa shape index (κ1) is 21.2. The number of methoxy groups -OCH3 is 1. The third kappa shape index (κ3) is 5.70. The molecule has 0 aliphatic rings. The lowest BCUT2D eigenvalue weighted by Gasteiger charge is -2.23. The van der Waals surface area contributed by atoms with Gasteiger partial charge >= 0.3 is 0 Å². The number of nitrogens with one attached hydrogen (secondary N) is 2. The molecule has 0 fully saturated rings. The summed E-state index contributed by atoms with van der Waals surface area (Å²) in [7, 11) is 1.58. The average molecular weight is 388 g/mol. The molecule has 0 aliphatic carbocycles. The molecule has 150 valence electrons. The second-order valence-electron chi connectivity index (χ2n) is 6.68. The summed E-state index contributed by atoms with van der Waals surface area (Å²) in [6.07, 6.45) is 0. The first-order valence-electron chi connectivity index (χ1n) is 8.91. The smallest absolute Gasteiger partial charge is 0.235 e. The van der Waals surface area contributed by atoms with Crippen LogP contribution in [-0.4, -0.2) is 32.1 Å². The Hall–Kier alpha value is -3.09. The Kier molecular flexibility index (Phi) is 7.37. The topological polar surface area (TPSA) is 76.7 Å². The summed E-state index contributed by atoms with van der Waals surface area (Å²) in [5.41, 5.74) is -0.939. The van der Waals surface area contributed by atoms with Crippen molar-refractivity contribution in [2.24, 2.45) is 5.41 Å². The van der Waals surface area contributed by atoms with Crippen LogP contribution in [0.5, 0.6) is 11.5 Å². The summed E-state index contributed by atoms with van der Waals surface area (Å²) in [6.45, 7) is 3.55. The van der Waals surface area contributed by atoms with E-state index in [4.69, 9.17) is 9.47 Å². The summed E-state index contributed by atoms with van der Waals surface area (Å²) in [4.78, 5) is 24.7. The lowest BCUT2D eigenvalue weighted by atomic mass is 9.91. The highest BCUT2D eigenvalue weighted by atomic mass is 19.1. The molecule has 7 heteroatoms. The Morgan fingerprint density at radius 3 is 2.21 bits per heavy atom. The number of carbonyl (C=O) groups is 2. The largest absolute Gasteiger partial charge is 0.497 e. The highest BCUT2D eigenvalue weighted by Crippen LogP contribution is 2.18. The molecule has 0 heterocycles. The highest BCUT2D eigenvalue weighted by molar-refractivity contribution is 6.04. The van der Waals surface area contributed by atoms with Crippen LogP contribution < -0.4 is 20.1 Å². The number of amides is 2. The molecule has 0 atom stereocenters. The summed E-state index contributed by atoms with van der Waals surface area (Å²) in [6, 6.07) is 13.2. The maximum absolute atomic E-state index is 13.6. The molecule has 0 saturated carbocycles. The monoisotopic (exact) mass is 388 g/mol. The van der Waals surface area contributed by atoms with Crippen LogP contribution in [0.4, 0.5) is 4.39 Å². The fourth-order valence-corrected chi connectivity index (χ4v) is 2.37. The molecule has 2 amide bonds. The molecule has 2 N–H and O–H groups in total. The van der Waals surface area contributed by atoms with Crippen molar-refractivity contribution in [2.75, 3.05) is 20.3 Å². The summed E-state index contributed by atoms with van der Waals surface area (Å²) < 4.78 is 24.2. The molecule has 0 saturated heterocycles. The van der Waals surface area contributed by atoms with Gasteiger partial charge < -0.3 is 20.1 Å². The van der Waals surface area contributed by atoms with Crippen molar-refractivity contribution in [3.8, 4) is 11.5 Å². The van der Waals surface area contributed by atoms with Gasteiger partial charge in [0, 0.05) is 12.1 Å². The van der Waals surface area contributed by atoms with Gasteiger partial charge in [-0.15, -0.1) is 0 Å². The zero-order chi connectivity index (χ0) is 20.6. The number of ether oxygens (including phenoxy) is 2. The minimum atomic E-state index is -1.30.